The van der Waals surface area contributed by atoms with Crippen molar-refractivity contribution in [1.82, 2.24) is 4.83 Å². The van der Waals surface area contributed by atoms with Crippen molar-refractivity contribution in [3.8, 4) is 0 Å². The third-order valence-corrected chi connectivity index (χ3v) is 3.90. The Morgan fingerprint density at radius 1 is 1.24 bits per heavy atom. The molecular weight excluding hydrogens is 289 g/mol. The normalized spacial score (nSPS) is 13.0. The minimum absolute atomic E-state index is 0.214. The Morgan fingerprint density at radius 3 is 2.52 bits per heavy atom. The van der Waals surface area contributed by atoms with Gasteiger partial charge in [0.25, 0.3) is 0 Å². The SMILES string of the molecule is C/C(=N/NS(=O)c1ccc(C)cc1)c1c(N)cccc1F. The van der Waals surface area contributed by atoms with E-state index in [2.05, 4.69) is 9.93 Å². The summed E-state index contributed by atoms with van der Waals surface area (Å²) in [5.74, 6) is -0.459. The summed E-state index contributed by atoms with van der Waals surface area (Å²) >= 11 is 0. The molecule has 0 fully saturated rings. The first kappa shape index (κ1) is 15.2. The highest BCUT2D eigenvalue weighted by atomic mass is 32.2. The molecule has 0 aromatic heterocycles. The van der Waals surface area contributed by atoms with Crippen LogP contribution in [0.5, 0.6) is 0 Å². The lowest BCUT2D eigenvalue weighted by Gasteiger charge is -2.07. The van der Waals surface area contributed by atoms with Gasteiger partial charge in [-0.1, -0.05) is 23.8 Å². The molecule has 21 heavy (non-hydrogen) atoms. The van der Waals surface area contributed by atoms with Gasteiger partial charge >= 0.3 is 0 Å². The molecule has 0 aliphatic heterocycles. The second-order valence-corrected chi connectivity index (χ2v) is 5.77. The number of nitrogens with one attached hydrogen (secondary N) is 1. The summed E-state index contributed by atoms with van der Waals surface area (Å²) in [5, 5.41) is 3.96. The van der Waals surface area contributed by atoms with Crippen LogP contribution in [0.25, 0.3) is 0 Å². The summed E-state index contributed by atoms with van der Waals surface area (Å²) in [4.78, 5) is 3.10. The average molecular weight is 305 g/mol. The van der Waals surface area contributed by atoms with E-state index in [1.807, 2.05) is 19.1 Å². The lowest BCUT2D eigenvalue weighted by molar-refractivity contribution is 0.625. The van der Waals surface area contributed by atoms with Gasteiger partial charge in [0.1, 0.15) is 5.82 Å². The maximum Gasteiger partial charge on any atom is 0.166 e. The molecule has 0 aliphatic carbocycles. The van der Waals surface area contributed by atoms with Crippen LogP contribution in [0, 0.1) is 12.7 Å². The predicted molar refractivity (Wildman–Crippen MR) is 83.7 cm³/mol. The first-order valence-corrected chi connectivity index (χ1v) is 7.46. The molecule has 4 nitrogen and oxygen atoms in total. The molecule has 3 N–H and O–H groups in total. The zero-order valence-electron chi connectivity index (χ0n) is 11.8. The zero-order valence-corrected chi connectivity index (χ0v) is 12.6. The molecule has 1 unspecified atom stereocenters. The van der Waals surface area contributed by atoms with Gasteiger partial charge in [-0.05, 0) is 38.1 Å². The number of rotatable bonds is 4. The standard InChI is InChI=1S/C15H16FN3OS/c1-10-6-8-12(9-7-10)21(20)19-18-11(2)15-13(16)4-3-5-14(15)17/h3-9,19H,17H2,1-2H3/b18-11-. The van der Waals surface area contributed by atoms with Crippen LogP contribution in [0.3, 0.4) is 0 Å². The van der Waals surface area contributed by atoms with Crippen LogP contribution in [0.4, 0.5) is 10.1 Å². The van der Waals surface area contributed by atoms with Gasteiger partial charge < -0.3 is 5.73 Å². The number of anilines is 1. The monoisotopic (exact) mass is 305 g/mol. The molecule has 0 saturated heterocycles. The topological polar surface area (TPSA) is 67.5 Å². The van der Waals surface area contributed by atoms with Gasteiger partial charge in [-0.15, -0.1) is 0 Å². The molecule has 0 heterocycles. The molecule has 0 saturated carbocycles. The highest BCUT2D eigenvalue weighted by Crippen LogP contribution is 2.16. The van der Waals surface area contributed by atoms with Crippen molar-refractivity contribution in [2.45, 2.75) is 18.7 Å². The lowest BCUT2D eigenvalue weighted by Crippen LogP contribution is -2.14. The highest BCUT2D eigenvalue weighted by molar-refractivity contribution is 7.83. The maximum absolute atomic E-state index is 13.7. The quantitative estimate of drug-likeness (QED) is 0.518. The number of aryl methyl sites for hydroxylation is 1. The molecule has 2 rings (SSSR count). The Morgan fingerprint density at radius 2 is 1.90 bits per heavy atom. The number of hydrogen-bond acceptors (Lipinski definition) is 3. The maximum atomic E-state index is 13.7. The first-order chi connectivity index (χ1) is 9.99. The minimum atomic E-state index is -1.50. The smallest absolute Gasteiger partial charge is 0.166 e. The second-order valence-electron chi connectivity index (χ2n) is 4.57. The fourth-order valence-electron chi connectivity index (χ4n) is 1.80. The van der Waals surface area contributed by atoms with Crippen LogP contribution in [0.15, 0.2) is 52.5 Å². The molecular formula is C15H16FN3OS. The zero-order chi connectivity index (χ0) is 15.4. The fourth-order valence-corrected chi connectivity index (χ4v) is 2.51. The molecule has 6 heteroatoms. The van der Waals surface area contributed by atoms with Crippen molar-refractivity contribution in [2.75, 3.05) is 5.73 Å². The Balaban J connectivity index is 2.17. The minimum Gasteiger partial charge on any atom is -0.398 e. The van der Waals surface area contributed by atoms with E-state index in [1.165, 1.54) is 12.1 Å². The summed E-state index contributed by atoms with van der Waals surface area (Å²) in [6, 6.07) is 11.7. The number of hydrazone groups is 1. The van der Waals surface area contributed by atoms with Crippen molar-refractivity contribution in [3.05, 3.63) is 59.4 Å². The fraction of sp³-hybridized carbons (Fsp3) is 0.133. The molecule has 0 aliphatic rings. The number of nitrogens with zero attached hydrogens (tertiary/aromatic N) is 1. The van der Waals surface area contributed by atoms with E-state index in [9.17, 15) is 8.60 Å². The van der Waals surface area contributed by atoms with Crippen LogP contribution in [0.1, 0.15) is 18.1 Å². The van der Waals surface area contributed by atoms with Crippen LogP contribution in [-0.4, -0.2) is 9.92 Å². The first-order valence-electron chi connectivity index (χ1n) is 6.32. The number of benzene rings is 2. The van der Waals surface area contributed by atoms with Crippen LogP contribution < -0.4 is 10.6 Å². The molecule has 1 atom stereocenters. The van der Waals surface area contributed by atoms with E-state index < -0.39 is 16.8 Å². The van der Waals surface area contributed by atoms with E-state index in [0.717, 1.165) is 5.56 Å². The van der Waals surface area contributed by atoms with Crippen LogP contribution in [-0.2, 0) is 11.0 Å². The second kappa shape index (κ2) is 6.49. The van der Waals surface area contributed by atoms with Crippen molar-refractivity contribution >= 4 is 22.4 Å². The molecule has 0 amide bonds. The third-order valence-electron chi connectivity index (χ3n) is 2.94. The van der Waals surface area contributed by atoms with E-state index in [0.29, 0.717) is 16.3 Å². The van der Waals surface area contributed by atoms with Gasteiger partial charge in [-0.25, -0.2) is 13.4 Å². The molecule has 110 valence electrons. The van der Waals surface area contributed by atoms with Gasteiger partial charge in [0.15, 0.2) is 11.0 Å². The van der Waals surface area contributed by atoms with Crippen LogP contribution >= 0.6 is 0 Å². The van der Waals surface area contributed by atoms with E-state index >= 15 is 0 Å². The van der Waals surface area contributed by atoms with Gasteiger partial charge in [0.05, 0.1) is 16.2 Å². The number of nitrogen functional groups attached to an aromatic ring is 1. The van der Waals surface area contributed by atoms with Gasteiger partial charge in [-0.3, -0.25) is 0 Å². The summed E-state index contributed by atoms with van der Waals surface area (Å²) in [6.45, 7) is 3.55. The van der Waals surface area contributed by atoms with Gasteiger partial charge in [0, 0.05) is 5.69 Å². The molecule has 0 radical (unpaired) electrons. The Bertz CT molecular complexity index is 678. The van der Waals surface area contributed by atoms with Crippen molar-refractivity contribution in [3.63, 3.8) is 0 Å². The lowest BCUT2D eigenvalue weighted by atomic mass is 10.1. The van der Waals surface area contributed by atoms with Crippen molar-refractivity contribution in [2.24, 2.45) is 5.10 Å². The molecule has 0 spiro atoms. The molecule has 2 aromatic carbocycles. The summed E-state index contributed by atoms with van der Waals surface area (Å²) in [5.41, 5.74) is 7.65. The van der Waals surface area contributed by atoms with Crippen molar-refractivity contribution in [1.29, 1.82) is 0 Å². The largest absolute Gasteiger partial charge is 0.398 e. The summed E-state index contributed by atoms with van der Waals surface area (Å²) in [7, 11) is -1.50. The summed E-state index contributed by atoms with van der Waals surface area (Å²) in [6.07, 6.45) is 0. The number of hydrogen-bond donors (Lipinski definition) is 2. The average Bonchev–Trinajstić information content (AvgIpc) is 2.45. The molecule has 2 aromatic rings. The number of nitrogens with two attached hydrogens (primary N) is 1. The van der Waals surface area contributed by atoms with Gasteiger partial charge in [0.2, 0.25) is 0 Å². The van der Waals surface area contributed by atoms with E-state index in [1.54, 1.807) is 25.1 Å². The summed E-state index contributed by atoms with van der Waals surface area (Å²) < 4.78 is 25.8. The predicted octanol–water partition coefficient (Wildman–Crippen LogP) is 2.75. The van der Waals surface area contributed by atoms with E-state index in [-0.39, 0.29) is 5.56 Å². The Kier molecular flexibility index (Phi) is 4.70. The Labute approximate surface area is 125 Å². The van der Waals surface area contributed by atoms with E-state index in [4.69, 9.17) is 5.73 Å². The third kappa shape index (κ3) is 3.66. The Hall–Kier alpha value is -2.21. The molecule has 0 bridgehead atoms. The van der Waals surface area contributed by atoms with Crippen molar-refractivity contribution < 1.29 is 8.60 Å². The number of halogens is 1. The highest BCUT2D eigenvalue weighted by Gasteiger charge is 2.10. The van der Waals surface area contributed by atoms with Crippen LogP contribution in [0.2, 0.25) is 0 Å². The van der Waals surface area contributed by atoms with Gasteiger partial charge in [-0.2, -0.15) is 5.10 Å².